The Balaban J connectivity index is 1.73. The van der Waals surface area contributed by atoms with Gasteiger partial charge in [0.25, 0.3) is 10.1 Å². The van der Waals surface area contributed by atoms with E-state index in [4.69, 9.17) is 23.1 Å². The number of carbonyl (C=O) groups excluding carboxylic acids is 2. The molecule has 11 heteroatoms. The third kappa shape index (κ3) is 7.03. The third-order valence-corrected chi connectivity index (χ3v) is 8.22. The summed E-state index contributed by atoms with van der Waals surface area (Å²) in [5, 5.41) is 0. The first-order valence-electron chi connectivity index (χ1n) is 12.0. The van der Waals surface area contributed by atoms with Crippen molar-refractivity contribution >= 4 is 44.6 Å². The number of hydrogen-bond acceptors (Lipinski definition) is 9. The first-order valence-corrected chi connectivity index (χ1v) is 14.9. The summed E-state index contributed by atoms with van der Waals surface area (Å²) in [6.45, 7) is 1.82. The lowest BCUT2D eigenvalue weighted by Crippen LogP contribution is -2.62. The molecular formula is C28H27IO9S. The highest BCUT2D eigenvalue weighted by Gasteiger charge is 2.53. The van der Waals surface area contributed by atoms with Gasteiger partial charge in [-0.2, -0.15) is 8.42 Å². The van der Waals surface area contributed by atoms with Gasteiger partial charge in [0.15, 0.2) is 24.6 Å². The average molecular weight is 666 g/mol. The standard InChI is InChI=1S/C28H27IO9S/c1-18-13-15-21(16-14-18)39(32,33)38-25-24(37-27(31)20-11-7-4-8-12-20)23(22(17-29)35-28(25)34-2)36-26(30)19-9-5-3-6-10-19/h3-16,22-25,28H,17H2,1-2H3. The van der Waals surface area contributed by atoms with Crippen molar-refractivity contribution in [3.8, 4) is 0 Å². The van der Waals surface area contributed by atoms with Crippen LogP contribution in [0.3, 0.4) is 0 Å². The van der Waals surface area contributed by atoms with E-state index in [-0.39, 0.29) is 16.0 Å². The van der Waals surface area contributed by atoms with Crippen molar-refractivity contribution in [3.63, 3.8) is 0 Å². The first kappa shape index (κ1) is 29.2. The summed E-state index contributed by atoms with van der Waals surface area (Å²) in [6, 6.07) is 22.5. The van der Waals surface area contributed by atoms with E-state index in [9.17, 15) is 18.0 Å². The molecule has 206 valence electrons. The summed E-state index contributed by atoms with van der Waals surface area (Å²) in [6.07, 6.45) is -6.18. The topological polar surface area (TPSA) is 114 Å². The van der Waals surface area contributed by atoms with E-state index in [1.54, 1.807) is 72.8 Å². The van der Waals surface area contributed by atoms with Crippen molar-refractivity contribution in [1.82, 2.24) is 0 Å². The Morgan fingerprint density at radius 1 is 0.795 bits per heavy atom. The van der Waals surface area contributed by atoms with Gasteiger partial charge >= 0.3 is 11.9 Å². The molecule has 0 amide bonds. The molecule has 3 aromatic rings. The van der Waals surface area contributed by atoms with Gasteiger partial charge in [0.05, 0.1) is 16.0 Å². The maximum absolute atomic E-state index is 13.3. The molecule has 4 rings (SSSR count). The fourth-order valence-corrected chi connectivity index (χ4v) is 5.79. The van der Waals surface area contributed by atoms with Gasteiger partial charge in [0.1, 0.15) is 6.10 Å². The Kier molecular flexibility index (Phi) is 9.72. The fraction of sp³-hybridized carbons (Fsp3) is 0.286. The van der Waals surface area contributed by atoms with Gasteiger partial charge in [-0.05, 0) is 43.3 Å². The third-order valence-electron chi connectivity index (χ3n) is 6.03. The van der Waals surface area contributed by atoms with Crippen LogP contribution in [-0.2, 0) is 33.2 Å². The quantitative estimate of drug-likeness (QED) is 0.143. The van der Waals surface area contributed by atoms with Crippen molar-refractivity contribution in [3.05, 3.63) is 102 Å². The van der Waals surface area contributed by atoms with Crippen LogP contribution in [0.1, 0.15) is 26.3 Å². The second kappa shape index (κ2) is 13.0. The van der Waals surface area contributed by atoms with Crippen LogP contribution in [0, 0.1) is 6.92 Å². The molecule has 1 aliphatic heterocycles. The van der Waals surface area contributed by atoms with Gasteiger partial charge in [0.2, 0.25) is 0 Å². The van der Waals surface area contributed by atoms with Crippen molar-refractivity contribution in [2.24, 2.45) is 0 Å². The summed E-state index contributed by atoms with van der Waals surface area (Å²) in [4.78, 5) is 26.1. The minimum absolute atomic E-state index is 0.107. The van der Waals surface area contributed by atoms with Gasteiger partial charge in [-0.1, -0.05) is 76.7 Å². The van der Waals surface area contributed by atoms with Crippen molar-refractivity contribution in [1.29, 1.82) is 0 Å². The smallest absolute Gasteiger partial charge is 0.338 e. The minimum atomic E-state index is -4.37. The molecule has 5 atom stereocenters. The van der Waals surface area contributed by atoms with Crippen LogP contribution in [0.5, 0.6) is 0 Å². The second-order valence-electron chi connectivity index (χ2n) is 8.73. The number of hydrogen-bond donors (Lipinski definition) is 0. The number of benzene rings is 3. The van der Waals surface area contributed by atoms with Crippen LogP contribution in [-0.4, -0.2) is 62.6 Å². The predicted molar refractivity (Wildman–Crippen MR) is 149 cm³/mol. The lowest BCUT2D eigenvalue weighted by Gasteiger charge is -2.43. The van der Waals surface area contributed by atoms with Crippen LogP contribution < -0.4 is 0 Å². The highest BCUT2D eigenvalue weighted by molar-refractivity contribution is 14.1. The zero-order valence-electron chi connectivity index (χ0n) is 21.1. The molecule has 1 aliphatic rings. The molecule has 0 radical (unpaired) electrons. The monoisotopic (exact) mass is 666 g/mol. The Hall–Kier alpha value is -2.84. The van der Waals surface area contributed by atoms with Gasteiger partial charge in [-0.15, -0.1) is 0 Å². The van der Waals surface area contributed by atoms with Crippen molar-refractivity contribution in [2.75, 3.05) is 11.5 Å². The summed E-state index contributed by atoms with van der Waals surface area (Å²) in [7, 11) is -3.06. The number of aryl methyl sites for hydroxylation is 1. The molecule has 1 fully saturated rings. The van der Waals surface area contributed by atoms with E-state index in [2.05, 4.69) is 0 Å². The van der Waals surface area contributed by atoms with Crippen LogP contribution in [0.4, 0.5) is 0 Å². The van der Waals surface area contributed by atoms with Gasteiger partial charge < -0.3 is 18.9 Å². The van der Waals surface area contributed by atoms with Crippen LogP contribution in [0.15, 0.2) is 89.8 Å². The number of esters is 2. The fourth-order valence-electron chi connectivity index (χ4n) is 4.01. The average Bonchev–Trinajstić information content (AvgIpc) is 2.95. The SMILES string of the molecule is COC1OC(CI)C(OC(=O)c2ccccc2)C(OC(=O)c2ccccc2)C1OS(=O)(=O)c1ccc(C)cc1. The predicted octanol–water partition coefficient (Wildman–Crippen LogP) is 4.33. The lowest BCUT2D eigenvalue weighted by atomic mass is 9.99. The van der Waals surface area contributed by atoms with Gasteiger partial charge in [0, 0.05) is 11.5 Å². The summed E-state index contributed by atoms with van der Waals surface area (Å²) in [5.74, 6) is -1.46. The van der Waals surface area contributed by atoms with Gasteiger partial charge in [-0.25, -0.2) is 9.59 Å². The maximum atomic E-state index is 13.3. The second-order valence-corrected chi connectivity index (χ2v) is 11.2. The van der Waals surface area contributed by atoms with E-state index in [1.165, 1.54) is 19.2 Å². The number of halogens is 1. The molecule has 0 saturated carbocycles. The molecule has 5 unspecified atom stereocenters. The molecule has 1 heterocycles. The van der Waals surface area contributed by atoms with Crippen LogP contribution >= 0.6 is 22.6 Å². The first-order chi connectivity index (χ1) is 18.7. The van der Waals surface area contributed by atoms with Crippen molar-refractivity contribution < 1.29 is 41.1 Å². The minimum Gasteiger partial charge on any atom is -0.452 e. The number of methoxy groups -OCH3 is 1. The highest BCUT2D eigenvalue weighted by Crippen LogP contribution is 2.33. The van der Waals surface area contributed by atoms with E-state index in [0.717, 1.165) is 5.56 Å². The highest BCUT2D eigenvalue weighted by atomic mass is 127. The van der Waals surface area contributed by atoms with Crippen LogP contribution in [0.2, 0.25) is 0 Å². The zero-order valence-corrected chi connectivity index (χ0v) is 24.1. The molecule has 0 aliphatic carbocycles. The summed E-state index contributed by atoms with van der Waals surface area (Å²) < 4.78 is 55.6. The molecular weight excluding hydrogens is 639 g/mol. The Morgan fingerprint density at radius 2 is 1.31 bits per heavy atom. The largest absolute Gasteiger partial charge is 0.452 e. The maximum Gasteiger partial charge on any atom is 0.338 e. The molecule has 0 spiro atoms. The summed E-state index contributed by atoms with van der Waals surface area (Å²) in [5.41, 5.74) is 1.34. The molecule has 0 N–H and O–H groups in total. The Morgan fingerprint density at radius 3 is 1.79 bits per heavy atom. The number of ether oxygens (including phenoxy) is 4. The van der Waals surface area contributed by atoms with E-state index < -0.39 is 52.8 Å². The normalized spacial score (nSPS) is 23.1. The zero-order chi connectivity index (χ0) is 28.0. The molecule has 1 saturated heterocycles. The Labute approximate surface area is 240 Å². The van der Waals surface area contributed by atoms with Gasteiger partial charge in [-0.3, -0.25) is 4.18 Å². The van der Waals surface area contributed by atoms with Crippen molar-refractivity contribution in [2.45, 2.75) is 42.5 Å². The lowest BCUT2D eigenvalue weighted by molar-refractivity contribution is -0.276. The Bertz CT molecular complexity index is 1370. The summed E-state index contributed by atoms with van der Waals surface area (Å²) >= 11 is 2.04. The van der Waals surface area contributed by atoms with Crippen LogP contribution in [0.25, 0.3) is 0 Å². The number of rotatable bonds is 9. The number of carbonyl (C=O) groups is 2. The molecule has 0 bridgehead atoms. The molecule has 0 aromatic heterocycles. The number of alkyl halides is 1. The van der Waals surface area contributed by atoms with E-state index in [0.29, 0.717) is 4.43 Å². The molecule has 3 aromatic carbocycles. The van der Waals surface area contributed by atoms with E-state index >= 15 is 0 Å². The molecule has 39 heavy (non-hydrogen) atoms. The van der Waals surface area contributed by atoms with E-state index in [1.807, 2.05) is 29.5 Å². The molecule has 9 nitrogen and oxygen atoms in total.